The van der Waals surface area contributed by atoms with Gasteiger partial charge in [0.25, 0.3) is 5.91 Å². The number of carbonyl (C=O) groups is 2. The van der Waals surface area contributed by atoms with Crippen molar-refractivity contribution in [3.05, 3.63) is 78.5 Å². The predicted octanol–water partition coefficient (Wildman–Crippen LogP) is 5.56. The molecule has 1 fully saturated rings. The van der Waals surface area contributed by atoms with E-state index in [1.807, 2.05) is 53.6 Å². The number of rotatable bonds is 8. The number of amides is 2. The van der Waals surface area contributed by atoms with Crippen molar-refractivity contribution in [3.8, 4) is 16.9 Å². The van der Waals surface area contributed by atoms with E-state index in [0.717, 1.165) is 72.2 Å². The van der Waals surface area contributed by atoms with E-state index in [4.69, 9.17) is 10.5 Å². The van der Waals surface area contributed by atoms with Crippen molar-refractivity contribution >= 4 is 34.1 Å². The molecule has 0 radical (unpaired) electrons. The quantitative estimate of drug-likeness (QED) is 0.209. The Kier molecular flexibility index (Phi) is 8.15. The van der Waals surface area contributed by atoms with Crippen LogP contribution in [0.5, 0.6) is 5.75 Å². The van der Waals surface area contributed by atoms with Gasteiger partial charge in [0.15, 0.2) is 0 Å². The number of aromatic nitrogens is 1. The van der Waals surface area contributed by atoms with Crippen molar-refractivity contribution in [1.29, 1.82) is 0 Å². The highest BCUT2D eigenvalue weighted by atomic mass is 16.5. The number of nitrogens with two attached hydrogens (primary N) is 1. The molecular weight excluding hydrogens is 526 g/mol. The molecule has 2 aliphatic heterocycles. The minimum absolute atomic E-state index is 0.0478. The molecule has 2 aliphatic rings. The molecule has 6 rings (SSSR count). The maximum Gasteiger partial charge on any atom is 0.258 e. The van der Waals surface area contributed by atoms with Gasteiger partial charge in [-0.25, -0.2) is 0 Å². The van der Waals surface area contributed by atoms with E-state index in [9.17, 15) is 9.59 Å². The summed E-state index contributed by atoms with van der Waals surface area (Å²) in [6.45, 7) is 4.87. The Labute approximate surface area is 246 Å². The van der Waals surface area contributed by atoms with Crippen LogP contribution in [0.2, 0.25) is 0 Å². The minimum Gasteiger partial charge on any atom is -0.493 e. The second kappa shape index (κ2) is 12.3. The number of aromatic amines is 1. The first-order valence-corrected chi connectivity index (χ1v) is 15.0. The van der Waals surface area contributed by atoms with Crippen LogP contribution in [0.1, 0.15) is 43.0 Å². The molecule has 1 aromatic heterocycles. The van der Waals surface area contributed by atoms with Crippen molar-refractivity contribution in [3.63, 3.8) is 0 Å². The highest BCUT2D eigenvalue weighted by molar-refractivity contribution is 6.08. The standard InChI is InChI=1S/C34H39N5O3/c1-22-14-17-39(31-7-3-2-6-30(31)38-22)34(41)25-8-10-27(23-9-11-29-24(19-23)12-16-37-29)32(20-25)42-18-4-5-26-21-36-15-13-28(26)33(35)40/h2-3,6-12,16,19-20,22,26,28,36-38H,4-5,13-15,17-18,21H2,1H3,(H2,35,40)/t22-,26?,28?/m0/s1. The molecule has 3 aromatic carbocycles. The van der Waals surface area contributed by atoms with E-state index in [2.05, 4.69) is 46.8 Å². The van der Waals surface area contributed by atoms with Gasteiger partial charge in [0.2, 0.25) is 5.91 Å². The van der Waals surface area contributed by atoms with Gasteiger partial charge >= 0.3 is 0 Å². The molecule has 8 nitrogen and oxygen atoms in total. The normalized spacial score (nSPS) is 20.4. The SMILES string of the molecule is C[C@H]1CCN(C(=O)c2ccc(-c3ccc4[nH]ccc4c3)c(OCCCC3CNCCC3C(N)=O)c2)c2ccccc2N1. The number of fused-ring (bicyclic) bond motifs is 2. The van der Waals surface area contributed by atoms with Crippen LogP contribution in [0.4, 0.5) is 11.4 Å². The maximum atomic E-state index is 14.0. The molecule has 5 N–H and O–H groups in total. The summed E-state index contributed by atoms with van der Waals surface area (Å²) in [5.74, 6) is 0.537. The number of anilines is 2. The van der Waals surface area contributed by atoms with Crippen molar-refractivity contribution in [2.45, 2.75) is 38.6 Å². The topological polar surface area (TPSA) is 112 Å². The van der Waals surface area contributed by atoms with Gasteiger partial charge in [0.05, 0.1) is 18.0 Å². The zero-order chi connectivity index (χ0) is 29.1. The van der Waals surface area contributed by atoms with Crippen LogP contribution >= 0.6 is 0 Å². The lowest BCUT2D eigenvalue weighted by molar-refractivity contribution is -0.124. The number of piperidine rings is 1. The van der Waals surface area contributed by atoms with E-state index in [0.29, 0.717) is 24.5 Å². The van der Waals surface area contributed by atoms with Gasteiger partial charge in [0.1, 0.15) is 5.75 Å². The number of H-pyrrole nitrogens is 1. The first-order chi connectivity index (χ1) is 20.5. The molecule has 2 amide bonds. The van der Waals surface area contributed by atoms with Crippen molar-refractivity contribution < 1.29 is 14.3 Å². The number of hydrogen-bond donors (Lipinski definition) is 4. The number of hydrogen-bond acceptors (Lipinski definition) is 5. The molecule has 0 aliphatic carbocycles. The molecule has 3 atom stereocenters. The summed E-state index contributed by atoms with van der Waals surface area (Å²) in [4.78, 5) is 31.1. The third-order valence-electron chi connectivity index (χ3n) is 8.67. The lowest BCUT2D eigenvalue weighted by atomic mass is 9.83. The highest BCUT2D eigenvalue weighted by Gasteiger charge is 2.29. The minimum atomic E-state index is -0.212. The molecule has 4 aromatic rings. The third-order valence-corrected chi connectivity index (χ3v) is 8.67. The largest absolute Gasteiger partial charge is 0.493 e. The van der Waals surface area contributed by atoms with Gasteiger partial charge in [-0.3, -0.25) is 9.59 Å². The van der Waals surface area contributed by atoms with Gasteiger partial charge in [-0.15, -0.1) is 0 Å². The van der Waals surface area contributed by atoms with Crippen LogP contribution in [0.3, 0.4) is 0 Å². The summed E-state index contributed by atoms with van der Waals surface area (Å²) in [7, 11) is 0. The second-order valence-corrected chi connectivity index (χ2v) is 11.6. The van der Waals surface area contributed by atoms with Crippen LogP contribution < -0.4 is 26.0 Å². The molecule has 0 bridgehead atoms. The average molecular weight is 566 g/mol. The average Bonchev–Trinajstić information content (AvgIpc) is 3.41. The van der Waals surface area contributed by atoms with Crippen molar-refractivity contribution in [2.75, 3.05) is 36.5 Å². The molecule has 218 valence electrons. The van der Waals surface area contributed by atoms with Crippen LogP contribution in [0.25, 0.3) is 22.0 Å². The molecule has 2 unspecified atom stereocenters. The smallest absolute Gasteiger partial charge is 0.258 e. The zero-order valence-corrected chi connectivity index (χ0v) is 24.1. The Morgan fingerprint density at radius 1 is 1.05 bits per heavy atom. The Bertz CT molecular complexity index is 1580. The first kappa shape index (κ1) is 27.8. The predicted molar refractivity (Wildman–Crippen MR) is 168 cm³/mol. The summed E-state index contributed by atoms with van der Waals surface area (Å²) in [6.07, 6.45) is 5.20. The Hall–Kier alpha value is -4.30. The van der Waals surface area contributed by atoms with Crippen LogP contribution in [-0.2, 0) is 4.79 Å². The molecular formula is C34H39N5O3. The molecule has 8 heteroatoms. The van der Waals surface area contributed by atoms with Gasteiger partial charge in [-0.2, -0.15) is 0 Å². The van der Waals surface area contributed by atoms with Crippen LogP contribution in [-0.4, -0.2) is 49.1 Å². The number of nitrogens with one attached hydrogen (secondary N) is 3. The monoisotopic (exact) mass is 565 g/mol. The number of carbonyl (C=O) groups excluding carboxylic acids is 2. The summed E-state index contributed by atoms with van der Waals surface area (Å²) >= 11 is 0. The van der Waals surface area contributed by atoms with E-state index in [-0.39, 0.29) is 29.7 Å². The zero-order valence-electron chi connectivity index (χ0n) is 24.1. The number of primary amides is 1. The first-order valence-electron chi connectivity index (χ1n) is 15.0. The number of para-hydroxylation sites is 2. The second-order valence-electron chi connectivity index (χ2n) is 11.6. The Morgan fingerprint density at radius 2 is 1.93 bits per heavy atom. The number of ether oxygens (including phenoxy) is 1. The summed E-state index contributed by atoms with van der Waals surface area (Å²) in [5.41, 5.74) is 11.2. The third kappa shape index (κ3) is 5.85. The fourth-order valence-corrected chi connectivity index (χ4v) is 6.34. The molecule has 1 saturated heterocycles. The van der Waals surface area contributed by atoms with E-state index in [1.54, 1.807) is 0 Å². The maximum absolute atomic E-state index is 14.0. The van der Waals surface area contributed by atoms with Gasteiger partial charge < -0.3 is 31.0 Å². The highest BCUT2D eigenvalue weighted by Crippen LogP contribution is 2.36. The van der Waals surface area contributed by atoms with E-state index < -0.39 is 0 Å². The number of nitrogens with zero attached hydrogens (tertiary/aromatic N) is 1. The van der Waals surface area contributed by atoms with Crippen LogP contribution in [0, 0.1) is 11.8 Å². The summed E-state index contributed by atoms with van der Waals surface area (Å²) < 4.78 is 6.43. The summed E-state index contributed by atoms with van der Waals surface area (Å²) in [6, 6.07) is 22.4. The summed E-state index contributed by atoms with van der Waals surface area (Å²) in [5, 5.41) is 8.03. The fourth-order valence-electron chi connectivity index (χ4n) is 6.34. The molecule has 3 heterocycles. The van der Waals surface area contributed by atoms with E-state index >= 15 is 0 Å². The molecule has 0 saturated carbocycles. The van der Waals surface area contributed by atoms with Crippen LogP contribution in [0.15, 0.2) is 72.9 Å². The van der Waals surface area contributed by atoms with Gasteiger partial charge in [0, 0.05) is 41.3 Å². The van der Waals surface area contributed by atoms with Gasteiger partial charge in [-0.1, -0.05) is 18.2 Å². The lowest BCUT2D eigenvalue weighted by Crippen LogP contribution is -2.42. The lowest BCUT2D eigenvalue weighted by Gasteiger charge is -2.30. The van der Waals surface area contributed by atoms with Gasteiger partial charge in [-0.05, 0) is 111 Å². The number of benzene rings is 3. The Morgan fingerprint density at radius 3 is 2.81 bits per heavy atom. The van der Waals surface area contributed by atoms with E-state index in [1.165, 1.54) is 0 Å². The molecule has 42 heavy (non-hydrogen) atoms. The van der Waals surface area contributed by atoms with Crippen molar-refractivity contribution in [2.24, 2.45) is 17.6 Å². The Balaban J connectivity index is 1.27. The van der Waals surface area contributed by atoms with Crippen molar-refractivity contribution in [1.82, 2.24) is 10.3 Å². The fraction of sp³-hybridized carbons (Fsp3) is 0.353. The molecule has 0 spiro atoms.